The molecule has 4 nitrogen and oxygen atoms in total. The first-order valence-electron chi connectivity index (χ1n) is 8.91. The van der Waals surface area contributed by atoms with E-state index in [0.29, 0.717) is 5.82 Å². The molecule has 0 aliphatic heterocycles. The minimum atomic E-state index is 0.194. The number of furan rings is 1. The topological polar surface area (TPSA) is 50.8 Å². The van der Waals surface area contributed by atoms with Crippen molar-refractivity contribution in [2.45, 2.75) is 34.6 Å². The molecule has 0 N–H and O–H groups in total. The average molecular weight is 472 g/mol. The molecule has 0 atom stereocenters. The van der Waals surface area contributed by atoms with E-state index in [0.717, 1.165) is 28.6 Å². The van der Waals surface area contributed by atoms with Crippen LogP contribution >= 0.6 is 20.2 Å². The second-order valence-electron chi connectivity index (χ2n) is 6.54. The molecule has 2 aromatic heterocycles. The SMILES string of the molecule is CC(=Nc1c(C)cc(C)cc1C)c1ccc(/C(C)=N/c2ccccn2)o1.[Cl][Fe][Cl]. The Kier molecular flexibility index (Phi) is 9.12. The summed E-state index contributed by atoms with van der Waals surface area (Å²) in [5.41, 5.74) is 6.22. The zero-order valence-electron chi connectivity index (χ0n) is 17.0. The van der Waals surface area contributed by atoms with Gasteiger partial charge in [-0.15, -0.1) is 0 Å². The molecule has 7 heteroatoms. The van der Waals surface area contributed by atoms with Gasteiger partial charge in [-0.1, -0.05) is 23.8 Å². The normalized spacial score (nSPS) is 12.0. The van der Waals surface area contributed by atoms with Crippen molar-refractivity contribution in [1.82, 2.24) is 4.98 Å². The fourth-order valence-corrected chi connectivity index (χ4v) is 2.95. The summed E-state index contributed by atoms with van der Waals surface area (Å²) in [6.07, 6.45) is 1.72. The Bertz CT molecular complexity index is 991. The van der Waals surface area contributed by atoms with E-state index in [1.165, 1.54) is 16.7 Å². The summed E-state index contributed by atoms with van der Waals surface area (Å²) < 4.78 is 5.97. The van der Waals surface area contributed by atoms with E-state index < -0.39 is 0 Å². The molecular weight excluding hydrogens is 449 g/mol. The predicted molar refractivity (Wildman–Crippen MR) is 119 cm³/mol. The van der Waals surface area contributed by atoms with Crippen LogP contribution in [-0.4, -0.2) is 16.4 Å². The third-order valence-electron chi connectivity index (χ3n) is 4.17. The third kappa shape index (κ3) is 6.83. The molecule has 0 aliphatic rings. The van der Waals surface area contributed by atoms with Crippen molar-refractivity contribution in [3.63, 3.8) is 0 Å². The molecule has 3 aromatic rings. The van der Waals surface area contributed by atoms with Crippen LogP contribution in [0.1, 0.15) is 42.1 Å². The van der Waals surface area contributed by atoms with E-state index in [4.69, 9.17) is 29.6 Å². The minimum absolute atomic E-state index is 0.194. The van der Waals surface area contributed by atoms with Crippen LogP contribution in [0.25, 0.3) is 0 Å². The molecule has 0 fully saturated rings. The monoisotopic (exact) mass is 471 g/mol. The summed E-state index contributed by atoms with van der Waals surface area (Å²) in [6.45, 7) is 10.2. The standard InChI is InChI=1S/C22H23N3O.2ClH.Fe/c1-14-12-15(2)22(16(3)13-14)25-18(5)20-10-9-19(26-20)17(4)24-21-8-6-7-11-23-21;;;/h6-13H,1-5H3;2*1H;/q;;;+2/p-2/b24-17+,25-18?;;;. The van der Waals surface area contributed by atoms with E-state index in [-0.39, 0.29) is 13.1 Å². The molecule has 3 rings (SSSR count). The van der Waals surface area contributed by atoms with E-state index in [2.05, 4.69) is 42.9 Å². The maximum atomic E-state index is 5.97. The van der Waals surface area contributed by atoms with Crippen LogP contribution in [0.4, 0.5) is 11.5 Å². The maximum absolute atomic E-state index is 5.97. The zero-order valence-corrected chi connectivity index (χ0v) is 19.6. The molecule has 0 unspecified atom stereocenters. The first kappa shape index (κ1) is 23.4. The average Bonchev–Trinajstić information content (AvgIpc) is 3.16. The Labute approximate surface area is 186 Å². The van der Waals surface area contributed by atoms with Crippen LogP contribution in [0.5, 0.6) is 0 Å². The molecule has 0 saturated heterocycles. The van der Waals surface area contributed by atoms with Crippen LogP contribution in [-0.2, 0) is 13.1 Å². The second kappa shape index (κ2) is 11.3. The summed E-state index contributed by atoms with van der Waals surface area (Å²) in [7, 11) is 9.53. The molecule has 2 heterocycles. The number of aromatic nitrogens is 1. The van der Waals surface area contributed by atoms with Crippen molar-refractivity contribution in [3.05, 3.63) is 76.9 Å². The van der Waals surface area contributed by atoms with E-state index in [1.807, 2.05) is 44.2 Å². The molecule has 154 valence electrons. The number of hydrogen-bond donors (Lipinski definition) is 0. The Balaban J connectivity index is 0.000000941. The van der Waals surface area contributed by atoms with Crippen LogP contribution < -0.4 is 0 Å². The van der Waals surface area contributed by atoms with Crippen LogP contribution in [0, 0.1) is 20.8 Å². The van der Waals surface area contributed by atoms with E-state index in [9.17, 15) is 0 Å². The van der Waals surface area contributed by atoms with E-state index >= 15 is 0 Å². The van der Waals surface area contributed by atoms with Crippen molar-refractivity contribution in [3.8, 4) is 0 Å². The van der Waals surface area contributed by atoms with Gasteiger partial charge in [-0.05, 0) is 70.0 Å². The van der Waals surface area contributed by atoms with Gasteiger partial charge in [-0.2, -0.15) is 0 Å². The summed E-state index contributed by atoms with van der Waals surface area (Å²) in [4.78, 5) is 13.5. The Morgan fingerprint density at radius 3 is 1.97 bits per heavy atom. The van der Waals surface area contributed by atoms with Crippen LogP contribution in [0.2, 0.25) is 0 Å². The Morgan fingerprint density at radius 1 is 0.897 bits per heavy atom. The number of hydrogen-bond acceptors (Lipinski definition) is 4. The van der Waals surface area contributed by atoms with Crippen molar-refractivity contribution in [2.75, 3.05) is 0 Å². The van der Waals surface area contributed by atoms with Crippen molar-refractivity contribution in [2.24, 2.45) is 9.98 Å². The quantitative estimate of drug-likeness (QED) is 0.297. The second-order valence-corrected chi connectivity index (χ2v) is 8.37. The molecular formula is C22H23Cl2FeN3O. The molecule has 0 saturated carbocycles. The summed E-state index contributed by atoms with van der Waals surface area (Å²) in [5.74, 6) is 2.13. The first-order valence-corrected chi connectivity index (χ1v) is 11.9. The van der Waals surface area contributed by atoms with Gasteiger partial charge in [0.15, 0.2) is 5.82 Å². The van der Waals surface area contributed by atoms with Gasteiger partial charge < -0.3 is 4.42 Å². The van der Waals surface area contributed by atoms with Gasteiger partial charge in [0.05, 0.1) is 17.1 Å². The first-order chi connectivity index (χ1) is 13.8. The van der Waals surface area contributed by atoms with Gasteiger partial charge in [0.25, 0.3) is 0 Å². The number of rotatable bonds is 4. The molecule has 0 spiro atoms. The molecule has 1 aromatic carbocycles. The van der Waals surface area contributed by atoms with Gasteiger partial charge in [-0.25, -0.2) is 15.0 Å². The summed E-state index contributed by atoms with van der Waals surface area (Å²) >= 11 is 0.194. The van der Waals surface area contributed by atoms with Crippen LogP contribution in [0.3, 0.4) is 0 Å². The number of aryl methyl sites for hydroxylation is 3. The zero-order chi connectivity index (χ0) is 21.4. The molecule has 29 heavy (non-hydrogen) atoms. The number of benzene rings is 1. The number of pyridine rings is 1. The number of nitrogens with zero attached hydrogens (tertiary/aromatic N) is 3. The van der Waals surface area contributed by atoms with Gasteiger partial charge in [0, 0.05) is 6.20 Å². The van der Waals surface area contributed by atoms with Gasteiger partial charge in [0.2, 0.25) is 0 Å². The molecule has 0 bridgehead atoms. The van der Waals surface area contributed by atoms with Crippen molar-refractivity contribution in [1.29, 1.82) is 0 Å². The molecule has 0 aliphatic carbocycles. The van der Waals surface area contributed by atoms with Gasteiger partial charge >= 0.3 is 33.3 Å². The predicted octanol–water partition coefficient (Wildman–Crippen LogP) is 7.26. The Morgan fingerprint density at radius 2 is 1.45 bits per heavy atom. The molecule has 0 amide bonds. The fourth-order valence-electron chi connectivity index (χ4n) is 2.95. The number of aliphatic imine (C=N–C) groups is 2. The molecule has 0 radical (unpaired) electrons. The number of halogens is 2. The Hall–Kier alpha value is -1.91. The van der Waals surface area contributed by atoms with Gasteiger partial charge in [0.1, 0.15) is 11.5 Å². The summed E-state index contributed by atoms with van der Waals surface area (Å²) in [5, 5.41) is 0. The summed E-state index contributed by atoms with van der Waals surface area (Å²) in [6, 6.07) is 13.8. The van der Waals surface area contributed by atoms with Crippen molar-refractivity contribution >= 4 is 43.1 Å². The fraction of sp³-hybridized carbons (Fsp3) is 0.227. The van der Waals surface area contributed by atoms with E-state index in [1.54, 1.807) is 6.20 Å². The van der Waals surface area contributed by atoms with Crippen LogP contribution in [0.15, 0.2) is 63.1 Å². The van der Waals surface area contributed by atoms with Gasteiger partial charge in [-0.3, -0.25) is 0 Å². The van der Waals surface area contributed by atoms with Crippen molar-refractivity contribution < 1.29 is 17.6 Å². The third-order valence-corrected chi connectivity index (χ3v) is 4.17.